The molecule has 0 spiro atoms. The number of rotatable bonds is 9. The summed E-state index contributed by atoms with van der Waals surface area (Å²) in [4.78, 5) is 21.8. The molecule has 0 radical (unpaired) electrons. The monoisotopic (exact) mass is 640 g/mol. The molecule has 2 N–H and O–H groups in total. The minimum absolute atomic E-state index is 0.342. The Kier molecular flexibility index (Phi) is 8.40. The van der Waals surface area contributed by atoms with Gasteiger partial charge in [0.25, 0.3) is 5.91 Å². The summed E-state index contributed by atoms with van der Waals surface area (Å²) in [5.41, 5.74) is 3.56. The van der Waals surface area contributed by atoms with E-state index >= 15 is 0 Å². The third-order valence-electron chi connectivity index (χ3n) is 7.43. The van der Waals surface area contributed by atoms with Crippen molar-refractivity contribution in [1.29, 1.82) is 0 Å². The number of methoxy groups -OCH3 is 2. The van der Waals surface area contributed by atoms with Gasteiger partial charge in [0.1, 0.15) is 23.6 Å². The molecule has 0 aliphatic carbocycles. The molecule has 6 aromatic rings. The van der Waals surface area contributed by atoms with Crippen molar-refractivity contribution in [2.75, 3.05) is 24.9 Å². The fourth-order valence-corrected chi connectivity index (χ4v) is 4.99. The molecule has 3 aromatic carbocycles. The van der Waals surface area contributed by atoms with Gasteiger partial charge in [0.05, 0.1) is 43.4 Å². The number of aryl methyl sites for hydroxylation is 1. The molecule has 0 fully saturated rings. The number of carbonyl (C=O) groups excluding carboxylic acids is 1. The van der Waals surface area contributed by atoms with Crippen molar-refractivity contribution in [1.82, 2.24) is 29.9 Å². The highest BCUT2D eigenvalue weighted by Crippen LogP contribution is 2.32. The molecule has 238 valence electrons. The lowest BCUT2D eigenvalue weighted by atomic mass is 10.1. The minimum atomic E-state index is -4.65. The zero-order valence-corrected chi connectivity index (χ0v) is 25.3. The number of hydrogen-bond acceptors (Lipinski definition) is 9. The van der Waals surface area contributed by atoms with Gasteiger partial charge in [-0.15, -0.1) is 5.10 Å². The average Bonchev–Trinajstić information content (AvgIpc) is 3.57. The lowest BCUT2D eigenvalue weighted by molar-refractivity contribution is -0.137. The van der Waals surface area contributed by atoms with Gasteiger partial charge in [-0.25, -0.2) is 14.6 Å². The van der Waals surface area contributed by atoms with E-state index in [1.165, 1.54) is 6.33 Å². The largest absolute Gasteiger partial charge is 0.497 e. The smallest absolute Gasteiger partial charge is 0.418 e. The van der Waals surface area contributed by atoms with Gasteiger partial charge < -0.3 is 20.1 Å². The molecular formula is C33H27F3N8O3. The molecule has 6 rings (SSSR count). The first kappa shape index (κ1) is 31.0. The van der Waals surface area contributed by atoms with Gasteiger partial charge in [-0.1, -0.05) is 18.2 Å². The summed E-state index contributed by atoms with van der Waals surface area (Å²) in [6, 6.07) is 17.1. The van der Waals surface area contributed by atoms with Crippen LogP contribution in [0.15, 0.2) is 85.6 Å². The number of halogens is 3. The van der Waals surface area contributed by atoms with E-state index < -0.39 is 23.3 Å². The third kappa shape index (κ3) is 6.52. The molecule has 11 nitrogen and oxygen atoms in total. The summed E-state index contributed by atoms with van der Waals surface area (Å²) in [5.74, 6) is 1.20. The van der Waals surface area contributed by atoms with Crippen molar-refractivity contribution in [3.63, 3.8) is 0 Å². The van der Waals surface area contributed by atoms with Crippen molar-refractivity contribution in [3.8, 4) is 28.3 Å². The SMILES string of the molecule is COc1ccc(CNc2ncnc3c(-c4cnn(-c5cc(NC(=O)c6cc(C(F)(F)F)cnn6)ccc5C)c4)cccc23)c(OC)c1. The lowest BCUT2D eigenvalue weighted by Crippen LogP contribution is -2.17. The molecule has 0 aliphatic rings. The molecule has 0 bridgehead atoms. The summed E-state index contributed by atoms with van der Waals surface area (Å²) >= 11 is 0. The summed E-state index contributed by atoms with van der Waals surface area (Å²) in [6.07, 6.45) is 0.942. The van der Waals surface area contributed by atoms with Gasteiger partial charge >= 0.3 is 6.18 Å². The van der Waals surface area contributed by atoms with Crippen molar-refractivity contribution < 1.29 is 27.4 Å². The predicted octanol–water partition coefficient (Wildman–Crippen LogP) is 6.48. The molecule has 0 atom stereocenters. The van der Waals surface area contributed by atoms with Crippen LogP contribution in [0.2, 0.25) is 0 Å². The molecule has 0 saturated heterocycles. The van der Waals surface area contributed by atoms with Crippen LogP contribution in [0.5, 0.6) is 11.5 Å². The molecule has 0 saturated carbocycles. The van der Waals surface area contributed by atoms with E-state index in [1.54, 1.807) is 43.3 Å². The van der Waals surface area contributed by atoms with Crippen molar-refractivity contribution in [2.24, 2.45) is 0 Å². The van der Waals surface area contributed by atoms with Crippen molar-refractivity contribution in [2.45, 2.75) is 19.6 Å². The number of para-hydroxylation sites is 1. The molecule has 47 heavy (non-hydrogen) atoms. The first-order chi connectivity index (χ1) is 22.6. The Morgan fingerprint density at radius 3 is 2.62 bits per heavy atom. The maximum Gasteiger partial charge on any atom is 0.418 e. The highest BCUT2D eigenvalue weighted by atomic mass is 19.4. The highest BCUT2D eigenvalue weighted by Gasteiger charge is 2.32. The van der Waals surface area contributed by atoms with Crippen LogP contribution in [0.3, 0.4) is 0 Å². The van der Waals surface area contributed by atoms with E-state index in [0.717, 1.165) is 27.6 Å². The Balaban J connectivity index is 1.25. The number of amides is 1. The number of alkyl halides is 3. The standard InChI is InChI=1S/C33H27F3N8O3/c1-19-7-9-23(42-32(45)27-11-22(16-40-43-27)33(34,35)36)12-28(19)44-17-21(15-41-44)25-5-4-6-26-30(25)38-18-39-31(26)37-14-20-8-10-24(46-2)13-29(20)47-3/h4-13,15-18H,14H2,1-3H3,(H,42,45)(H,37,38,39). The van der Waals surface area contributed by atoms with Gasteiger partial charge in [-0.3, -0.25) is 4.79 Å². The van der Waals surface area contributed by atoms with Gasteiger partial charge in [0.2, 0.25) is 0 Å². The molecule has 3 heterocycles. The maximum atomic E-state index is 13.1. The van der Waals surface area contributed by atoms with Crippen LogP contribution in [-0.4, -0.2) is 50.1 Å². The normalized spacial score (nSPS) is 11.4. The molecule has 0 unspecified atom stereocenters. The average molecular weight is 641 g/mol. The fourth-order valence-electron chi connectivity index (χ4n) is 4.99. The van der Waals surface area contributed by atoms with Gasteiger partial charge in [0.15, 0.2) is 5.69 Å². The number of fused-ring (bicyclic) bond motifs is 1. The molecule has 14 heteroatoms. The van der Waals surface area contributed by atoms with E-state index in [4.69, 9.17) is 9.47 Å². The van der Waals surface area contributed by atoms with Crippen molar-refractivity contribution >= 4 is 28.3 Å². The van der Waals surface area contributed by atoms with Crippen LogP contribution in [-0.2, 0) is 12.7 Å². The highest BCUT2D eigenvalue weighted by molar-refractivity contribution is 6.03. The van der Waals surface area contributed by atoms with E-state index in [2.05, 4.69) is 35.9 Å². The quantitative estimate of drug-likeness (QED) is 0.182. The van der Waals surface area contributed by atoms with Crippen LogP contribution in [0.4, 0.5) is 24.7 Å². The minimum Gasteiger partial charge on any atom is -0.497 e. The number of aromatic nitrogens is 6. The molecule has 3 aromatic heterocycles. The number of nitrogens with one attached hydrogen (secondary N) is 2. The second-order valence-electron chi connectivity index (χ2n) is 10.4. The van der Waals surface area contributed by atoms with Gasteiger partial charge in [-0.05, 0) is 48.9 Å². The number of carbonyl (C=O) groups is 1. The number of nitrogens with zero attached hydrogens (tertiary/aromatic N) is 6. The first-order valence-electron chi connectivity index (χ1n) is 14.2. The van der Waals surface area contributed by atoms with Crippen molar-refractivity contribution in [3.05, 3.63) is 108 Å². The van der Waals surface area contributed by atoms with Crippen LogP contribution in [0.25, 0.3) is 27.7 Å². The Hall–Kier alpha value is -6.05. The van der Waals surface area contributed by atoms with Gasteiger partial charge in [0, 0.05) is 46.6 Å². The van der Waals surface area contributed by atoms with E-state index in [1.807, 2.05) is 49.5 Å². The Morgan fingerprint density at radius 2 is 1.83 bits per heavy atom. The predicted molar refractivity (Wildman–Crippen MR) is 169 cm³/mol. The topological polar surface area (TPSA) is 129 Å². The summed E-state index contributed by atoms with van der Waals surface area (Å²) in [7, 11) is 3.21. The van der Waals surface area contributed by atoms with E-state index in [0.29, 0.717) is 53.0 Å². The number of benzene rings is 3. The van der Waals surface area contributed by atoms with Crippen LogP contribution in [0, 0.1) is 6.92 Å². The Labute approximate surface area is 266 Å². The van der Waals surface area contributed by atoms with E-state index in [-0.39, 0.29) is 0 Å². The zero-order valence-electron chi connectivity index (χ0n) is 25.3. The van der Waals surface area contributed by atoms with E-state index in [9.17, 15) is 18.0 Å². The number of anilines is 2. The zero-order chi connectivity index (χ0) is 33.1. The second kappa shape index (κ2) is 12.7. The first-order valence-corrected chi connectivity index (χ1v) is 14.2. The third-order valence-corrected chi connectivity index (χ3v) is 7.43. The van der Waals surface area contributed by atoms with Gasteiger partial charge in [-0.2, -0.15) is 23.4 Å². The Bertz CT molecular complexity index is 2100. The fraction of sp³-hybridized carbons (Fsp3) is 0.152. The van der Waals surface area contributed by atoms with Crippen LogP contribution in [0.1, 0.15) is 27.2 Å². The molecular weight excluding hydrogens is 613 g/mol. The summed E-state index contributed by atoms with van der Waals surface area (Å²) < 4.78 is 51.7. The lowest BCUT2D eigenvalue weighted by Gasteiger charge is -2.13. The maximum absolute atomic E-state index is 13.1. The Morgan fingerprint density at radius 1 is 0.979 bits per heavy atom. The summed E-state index contributed by atoms with van der Waals surface area (Å²) in [6.45, 7) is 2.33. The van der Waals surface area contributed by atoms with Crippen LogP contribution < -0.4 is 20.1 Å². The molecule has 0 aliphatic heterocycles. The second-order valence-corrected chi connectivity index (χ2v) is 10.4. The van der Waals surface area contributed by atoms with Crippen LogP contribution >= 0.6 is 0 Å². The number of ether oxygens (including phenoxy) is 2. The summed E-state index contributed by atoms with van der Waals surface area (Å²) in [5, 5.41) is 18.2. The number of hydrogen-bond donors (Lipinski definition) is 2. The molecule has 1 amide bonds.